The van der Waals surface area contributed by atoms with E-state index in [-0.39, 0.29) is 12.2 Å². The zero-order chi connectivity index (χ0) is 17.7. The molecule has 128 valence electrons. The Balaban J connectivity index is 2.27. The van der Waals surface area contributed by atoms with Gasteiger partial charge in [-0.25, -0.2) is 4.68 Å². The van der Waals surface area contributed by atoms with Crippen molar-refractivity contribution in [2.24, 2.45) is 5.92 Å². The van der Waals surface area contributed by atoms with Gasteiger partial charge in [0.25, 0.3) is 5.91 Å². The average molecular weight is 351 g/mol. The predicted molar refractivity (Wildman–Crippen MR) is 89.5 cm³/mol. The molecule has 0 bridgehead atoms. The molecule has 0 fully saturated rings. The molecule has 1 unspecified atom stereocenters. The lowest BCUT2D eigenvalue weighted by atomic mass is 10.1. The number of rotatable bonds is 7. The van der Waals surface area contributed by atoms with Crippen LogP contribution in [0.2, 0.25) is 5.02 Å². The highest BCUT2D eigenvalue weighted by molar-refractivity contribution is 6.30. The monoisotopic (exact) mass is 350 g/mol. The molecule has 1 aromatic heterocycles. The second kappa shape index (κ2) is 7.92. The molecule has 0 saturated carbocycles. The van der Waals surface area contributed by atoms with E-state index in [2.05, 4.69) is 15.6 Å². The van der Waals surface area contributed by atoms with Crippen molar-refractivity contribution in [2.45, 2.75) is 26.7 Å². The van der Waals surface area contributed by atoms with Gasteiger partial charge in [-0.15, -0.1) is 5.10 Å². The van der Waals surface area contributed by atoms with Gasteiger partial charge in [0.2, 0.25) is 0 Å². The lowest BCUT2D eigenvalue weighted by Gasteiger charge is -2.09. The van der Waals surface area contributed by atoms with E-state index in [0.29, 0.717) is 17.1 Å². The summed E-state index contributed by atoms with van der Waals surface area (Å²) in [5.41, 5.74) is 1.59. The second-order valence-corrected chi connectivity index (χ2v) is 5.91. The molecule has 0 spiro atoms. The minimum atomic E-state index is -0.966. The summed E-state index contributed by atoms with van der Waals surface area (Å²) in [5.74, 6) is -2.07. The lowest BCUT2D eigenvalue weighted by Crippen LogP contribution is -2.32. The number of nitrogens with one attached hydrogen (secondary N) is 1. The number of hydrogen-bond acceptors (Lipinski definition) is 4. The van der Waals surface area contributed by atoms with Crippen LogP contribution in [-0.2, 0) is 11.2 Å². The first-order valence-electron chi connectivity index (χ1n) is 7.65. The van der Waals surface area contributed by atoms with Gasteiger partial charge in [-0.05, 0) is 24.6 Å². The average Bonchev–Trinajstić information content (AvgIpc) is 2.96. The van der Waals surface area contributed by atoms with Crippen molar-refractivity contribution in [1.29, 1.82) is 0 Å². The Labute approximate surface area is 144 Å². The fraction of sp³-hybridized carbons (Fsp3) is 0.375. The van der Waals surface area contributed by atoms with Gasteiger partial charge in [0.15, 0.2) is 5.69 Å². The summed E-state index contributed by atoms with van der Waals surface area (Å²) >= 11 is 6.01. The second-order valence-electron chi connectivity index (χ2n) is 5.48. The van der Waals surface area contributed by atoms with Gasteiger partial charge in [0, 0.05) is 11.6 Å². The van der Waals surface area contributed by atoms with Crippen LogP contribution in [0, 0.1) is 5.92 Å². The fourth-order valence-electron chi connectivity index (χ4n) is 2.17. The van der Waals surface area contributed by atoms with Crippen LogP contribution in [-0.4, -0.2) is 38.5 Å². The molecular formula is C16H19ClN4O3. The summed E-state index contributed by atoms with van der Waals surface area (Å²) in [6.45, 7) is 3.55. The Kier molecular flexibility index (Phi) is 5.92. The molecule has 0 aliphatic rings. The number of benzene rings is 1. The first kappa shape index (κ1) is 17.9. The van der Waals surface area contributed by atoms with Crippen LogP contribution >= 0.6 is 11.6 Å². The summed E-state index contributed by atoms with van der Waals surface area (Å²) in [6, 6.07) is 7.11. The van der Waals surface area contributed by atoms with Crippen molar-refractivity contribution in [2.75, 3.05) is 6.54 Å². The fourth-order valence-corrected chi connectivity index (χ4v) is 2.36. The van der Waals surface area contributed by atoms with Crippen molar-refractivity contribution in [1.82, 2.24) is 20.3 Å². The van der Waals surface area contributed by atoms with E-state index in [1.54, 1.807) is 22.9 Å². The van der Waals surface area contributed by atoms with Gasteiger partial charge < -0.3 is 10.4 Å². The molecule has 1 aromatic carbocycles. The maximum Gasteiger partial charge on any atom is 0.308 e. The zero-order valence-electron chi connectivity index (χ0n) is 13.5. The molecule has 2 N–H and O–H groups in total. The number of amides is 1. The smallest absolute Gasteiger partial charge is 0.308 e. The molecule has 2 rings (SSSR count). The largest absolute Gasteiger partial charge is 0.481 e. The SMILES string of the molecule is CCCc1c(C(=O)NCC(C)C(=O)O)nnn1-c1cccc(Cl)c1. The van der Waals surface area contributed by atoms with E-state index in [0.717, 1.165) is 12.1 Å². The van der Waals surface area contributed by atoms with Gasteiger partial charge in [-0.1, -0.05) is 43.1 Å². The van der Waals surface area contributed by atoms with Crippen molar-refractivity contribution in [3.05, 3.63) is 40.7 Å². The van der Waals surface area contributed by atoms with Crippen molar-refractivity contribution >= 4 is 23.5 Å². The third-order valence-electron chi connectivity index (χ3n) is 3.51. The van der Waals surface area contributed by atoms with E-state index in [1.165, 1.54) is 6.92 Å². The number of carbonyl (C=O) groups is 2. The van der Waals surface area contributed by atoms with Crippen molar-refractivity contribution in [3.8, 4) is 5.69 Å². The number of aromatic nitrogens is 3. The number of carboxylic acids is 1. The first-order valence-corrected chi connectivity index (χ1v) is 8.03. The van der Waals surface area contributed by atoms with Gasteiger partial charge in [-0.3, -0.25) is 9.59 Å². The van der Waals surface area contributed by atoms with E-state index in [4.69, 9.17) is 16.7 Å². The Morgan fingerprint density at radius 1 is 1.42 bits per heavy atom. The molecule has 0 aliphatic carbocycles. The topological polar surface area (TPSA) is 97.1 Å². The number of nitrogens with zero attached hydrogens (tertiary/aromatic N) is 3. The first-order chi connectivity index (χ1) is 11.4. The Hall–Kier alpha value is -2.41. The third-order valence-corrected chi connectivity index (χ3v) is 3.74. The molecule has 7 nitrogen and oxygen atoms in total. The van der Waals surface area contributed by atoms with Gasteiger partial charge in [0.05, 0.1) is 17.3 Å². The van der Waals surface area contributed by atoms with E-state index in [1.807, 2.05) is 13.0 Å². The van der Waals surface area contributed by atoms with E-state index >= 15 is 0 Å². The highest BCUT2D eigenvalue weighted by atomic mass is 35.5. The maximum absolute atomic E-state index is 12.3. The number of hydrogen-bond donors (Lipinski definition) is 2. The molecule has 24 heavy (non-hydrogen) atoms. The Morgan fingerprint density at radius 2 is 2.17 bits per heavy atom. The molecule has 8 heteroatoms. The van der Waals surface area contributed by atoms with Gasteiger partial charge in [-0.2, -0.15) is 0 Å². The van der Waals surface area contributed by atoms with Gasteiger partial charge in [0.1, 0.15) is 0 Å². The molecule has 2 aromatic rings. The summed E-state index contributed by atoms with van der Waals surface area (Å²) in [4.78, 5) is 23.2. The summed E-state index contributed by atoms with van der Waals surface area (Å²) in [7, 11) is 0. The number of carbonyl (C=O) groups excluding carboxylic acids is 1. The standard InChI is InChI=1S/C16H19ClN4O3/c1-3-5-13-14(15(22)18-9-10(2)16(23)24)19-20-21(13)12-7-4-6-11(17)8-12/h4,6-8,10H,3,5,9H2,1-2H3,(H,18,22)(H,23,24). The van der Waals surface area contributed by atoms with Crippen LogP contribution in [0.5, 0.6) is 0 Å². The Morgan fingerprint density at radius 3 is 2.79 bits per heavy atom. The molecule has 1 heterocycles. The minimum absolute atomic E-state index is 0.0315. The molecule has 1 amide bonds. The summed E-state index contributed by atoms with van der Waals surface area (Å²) in [6.07, 6.45) is 1.41. The number of carboxylic acid groups (broad SMARTS) is 1. The highest BCUT2D eigenvalue weighted by Gasteiger charge is 2.21. The predicted octanol–water partition coefficient (Wildman–Crippen LogP) is 2.32. The zero-order valence-corrected chi connectivity index (χ0v) is 14.2. The molecular weight excluding hydrogens is 332 g/mol. The van der Waals surface area contributed by atoms with Crippen molar-refractivity contribution < 1.29 is 14.7 Å². The summed E-state index contributed by atoms with van der Waals surface area (Å²) in [5, 5.41) is 20.1. The third kappa shape index (κ3) is 4.11. The minimum Gasteiger partial charge on any atom is -0.481 e. The van der Waals surface area contributed by atoms with Crippen LogP contribution in [0.25, 0.3) is 5.69 Å². The molecule has 1 atom stereocenters. The van der Waals surface area contributed by atoms with E-state index < -0.39 is 17.8 Å². The lowest BCUT2D eigenvalue weighted by molar-refractivity contribution is -0.140. The van der Waals surface area contributed by atoms with Crippen LogP contribution in [0.1, 0.15) is 36.5 Å². The maximum atomic E-state index is 12.3. The highest BCUT2D eigenvalue weighted by Crippen LogP contribution is 2.18. The molecule has 0 aliphatic heterocycles. The summed E-state index contributed by atoms with van der Waals surface area (Å²) < 4.78 is 1.59. The van der Waals surface area contributed by atoms with Crippen LogP contribution in [0.15, 0.2) is 24.3 Å². The Bertz CT molecular complexity index is 745. The van der Waals surface area contributed by atoms with Crippen LogP contribution in [0.3, 0.4) is 0 Å². The van der Waals surface area contributed by atoms with Crippen molar-refractivity contribution in [3.63, 3.8) is 0 Å². The van der Waals surface area contributed by atoms with E-state index in [9.17, 15) is 9.59 Å². The number of aliphatic carboxylic acids is 1. The van der Waals surface area contributed by atoms with Crippen LogP contribution < -0.4 is 5.32 Å². The quantitative estimate of drug-likeness (QED) is 0.798. The van der Waals surface area contributed by atoms with Crippen LogP contribution in [0.4, 0.5) is 0 Å². The van der Waals surface area contributed by atoms with Gasteiger partial charge >= 0.3 is 5.97 Å². The number of halogens is 1. The normalized spacial score (nSPS) is 12.0. The molecule has 0 radical (unpaired) electrons. The molecule has 0 saturated heterocycles.